The van der Waals surface area contributed by atoms with Crippen LogP contribution >= 0.6 is 11.6 Å². The van der Waals surface area contributed by atoms with Crippen LogP contribution in [0.25, 0.3) is 11.4 Å². The second-order valence-corrected chi connectivity index (χ2v) is 7.30. The van der Waals surface area contributed by atoms with Gasteiger partial charge in [0.25, 0.3) is 0 Å². The summed E-state index contributed by atoms with van der Waals surface area (Å²) in [6, 6.07) is 14.0. The number of nitrogens with one attached hydrogen (secondary N) is 2. The summed E-state index contributed by atoms with van der Waals surface area (Å²) in [6.45, 7) is 1.99. The molecule has 2 heterocycles. The molecule has 3 aromatic rings. The number of pyridine rings is 1. The van der Waals surface area contributed by atoms with Crippen LogP contribution in [0.1, 0.15) is 31.2 Å². The molecule has 0 aliphatic heterocycles. The van der Waals surface area contributed by atoms with E-state index >= 15 is 0 Å². The van der Waals surface area contributed by atoms with Crippen molar-refractivity contribution < 1.29 is 0 Å². The van der Waals surface area contributed by atoms with Crippen LogP contribution in [0, 0.1) is 6.92 Å². The Kier molecular flexibility index (Phi) is 5.21. The first kappa shape index (κ1) is 17.7. The van der Waals surface area contributed by atoms with E-state index in [0.29, 0.717) is 17.8 Å². The number of anilines is 3. The van der Waals surface area contributed by atoms with Gasteiger partial charge in [-0.25, -0.2) is 4.98 Å². The predicted octanol–water partition coefficient (Wildman–Crippen LogP) is 5.60. The van der Waals surface area contributed by atoms with Gasteiger partial charge in [0, 0.05) is 29.0 Å². The molecule has 1 aliphatic rings. The Bertz CT molecular complexity index is 923. The standard InChI is InChI=1S/C21H22ClN5/c1-14-9-10-16(12-17(14)22)24-20-13-19(18-8-4-5-11-23-18)26-21(27-20)25-15-6-2-3-7-15/h4-5,8-13,15H,2-3,6-7H2,1H3,(H2,24,25,26,27). The minimum atomic E-state index is 0.436. The van der Waals surface area contributed by atoms with Crippen molar-refractivity contribution >= 4 is 29.1 Å². The first-order valence-electron chi connectivity index (χ1n) is 9.27. The minimum absolute atomic E-state index is 0.436. The highest BCUT2D eigenvalue weighted by atomic mass is 35.5. The van der Waals surface area contributed by atoms with Crippen molar-refractivity contribution in [1.82, 2.24) is 15.0 Å². The summed E-state index contributed by atoms with van der Waals surface area (Å²) in [5, 5.41) is 7.55. The lowest BCUT2D eigenvalue weighted by molar-refractivity contribution is 0.744. The molecule has 1 fully saturated rings. The molecule has 138 valence electrons. The van der Waals surface area contributed by atoms with Crippen LogP contribution in [-0.2, 0) is 0 Å². The van der Waals surface area contributed by atoms with Gasteiger partial charge in [0.2, 0.25) is 5.95 Å². The van der Waals surface area contributed by atoms with Crippen molar-refractivity contribution in [2.24, 2.45) is 0 Å². The van der Waals surface area contributed by atoms with E-state index < -0.39 is 0 Å². The van der Waals surface area contributed by atoms with Gasteiger partial charge in [-0.1, -0.05) is 36.6 Å². The minimum Gasteiger partial charge on any atom is -0.351 e. The summed E-state index contributed by atoms with van der Waals surface area (Å²) in [5.41, 5.74) is 3.54. The summed E-state index contributed by atoms with van der Waals surface area (Å²) in [6.07, 6.45) is 6.60. The summed E-state index contributed by atoms with van der Waals surface area (Å²) < 4.78 is 0. The zero-order chi connectivity index (χ0) is 18.6. The molecule has 0 amide bonds. The third-order valence-corrected chi connectivity index (χ3v) is 5.19. The Hall–Kier alpha value is -2.66. The number of nitrogens with zero attached hydrogens (tertiary/aromatic N) is 3. The number of aryl methyl sites for hydroxylation is 1. The van der Waals surface area contributed by atoms with Crippen molar-refractivity contribution in [3.8, 4) is 11.4 Å². The number of hydrogen-bond acceptors (Lipinski definition) is 5. The van der Waals surface area contributed by atoms with Gasteiger partial charge in [-0.15, -0.1) is 0 Å². The fourth-order valence-corrected chi connectivity index (χ4v) is 3.47. The Morgan fingerprint density at radius 1 is 1.00 bits per heavy atom. The van der Waals surface area contributed by atoms with Crippen LogP contribution in [0.15, 0.2) is 48.7 Å². The van der Waals surface area contributed by atoms with Crippen molar-refractivity contribution in [3.63, 3.8) is 0 Å². The Balaban J connectivity index is 1.67. The Morgan fingerprint density at radius 3 is 2.59 bits per heavy atom. The second kappa shape index (κ2) is 7.92. The van der Waals surface area contributed by atoms with E-state index in [0.717, 1.165) is 40.5 Å². The zero-order valence-electron chi connectivity index (χ0n) is 15.2. The van der Waals surface area contributed by atoms with Crippen LogP contribution < -0.4 is 10.6 Å². The Labute approximate surface area is 164 Å². The van der Waals surface area contributed by atoms with Gasteiger partial charge in [0.1, 0.15) is 5.82 Å². The molecule has 0 saturated heterocycles. The molecule has 2 N–H and O–H groups in total. The molecular formula is C21H22ClN5. The summed E-state index contributed by atoms with van der Waals surface area (Å²) in [5.74, 6) is 1.34. The van der Waals surface area contributed by atoms with E-state index in [-0.39, 0.29) is 0 Å². The normalized spacial score (nSPS) is 14.3. The summed E-state index contributed by atoms with van der Waals surface area (Å²) in [4.78, 5) is 13.8. The first-order chi connectivity index (χ1) is 13.2. The highest BCUT2D eigenvalue weighted by Gasteiger charge is 2.17. The monoisotopic (exact) mass is 379 g/mol. The highest BCUT2D eigenvalue weighted by molar-refractivity contribution is 6.31. The van der Waals surface area contributed by atoms with Gasteiger partial charge in [-0.05, 0) is 49.6 Å². The van der Waals surface area contributed by atoms with E-state index in [1.807, 2.05) is 49.4 Å². The van der Waals surface area contributed by atoms with E-state index in [2.05, 4.69) is 25.6 Å². The average molecular weight is 380 g/mol. The number of halogens is 1. The molecule has 1 saturated carbocycles. The average Bonchev–Trinajstić information content (AvgIpc) is 3.18. The number of rotatable bonds is 5. The molecule has 5 nitrogen and oxygen atoms in total. The number of benzene rings is 1. The van der Waals surface area contributed by atoms with E-state index in [1.165, 1.54) is 12.8 Å². The third kappa shape index (κ3) is 4.37. The molecule has 4 rings (SSSR count). The van der Waals surface area contributed by atoms with Gasteiger partial charge >= 0.3 is 0 Å². The van der Waals surface area contributed by atoms with Gasteiger partial charge in [-0.3, -0.25) is 4.98 Å². The lowest BCUT2D eigenvalue weighted by Crippen LogP contribution is -2.17. The molecular weight excluding hydrogens is 358 g/mol. The van der Waals surface area contributed by atoms with E-state index in [1.54, 1.807) is 6.20 Å². The second-order valence-electron chi connectivity index (χ2n) is 6.89. The predicted molar refractivity (Wildman–Crippen MR) is 111 cm³/mol. The number of hydrogen-bond donors (Lipinski definition) is 2. The SMILES string of the molecule is Cc1ccc(Nc2cc(-c3ccccn3)nc(NC3CCCC3)n2)cc1Cl. The van der Waals surface area contributed by atoms with Crippen LogP contribution in [0.4, 0.5) is 17.5 Å². The maximum atomic E-state index is 6.26. The topological polar surface area (TPSA) is 62.7 Å². The highest BCUT2D eigenvalue weighted by Crippen LogP contribution is 2.27. The molecule has 2 aromatic heterocycles. The molecule has 0 bridgehead atoms. The zero-order valence-corrected chi connectivity index (χ0v) is 16.0. The smallest absolute Gasteiger partial charge is 0.225 e. The van der Waals surface area contributed by atoms with Crippen molar-refractivity contribution in [3.05, 3.63) is 59.2 Å². The number of aromatic nitrogens is 3. The molecule has 0 radical (unpaired) electrons. The fourth-order valence-electron chi connectivity index (χ4n) is 3.29. The summed E-state index contributed by atoms with van der Waals surface area (Å²) >= 11 is 6.26. The van der Waals surface area contributed by atoms with E-state index in [4.69, 9.17) is 11.6 Å². The molecule has 0 spiro atoms. The Morgan fingerprint density at radius 2 is 1.85 bits per heavy atom. The van der Waals surface area contributed by atoms with Crippen LogP contribution in [0.3, 0.4) is 0 Å². The maximum Gasteiger partial charge on any atom is 0.225 e. The van der Waals surface area contributed by atoms with E-state index in [9.17, 15) is 0 Å². The molecule has 27 heavy (non-hydrogen) atoms. The van der Waals surface area contributed by atoms with Crippen LogP contribution in [0.5, 0.6) is 0 Å². The van der Waals surface area contributed by atoms with Gasteiger partial charge in [0.05, 0.1) is 11.4 Å². The van der Waals surface area contributed by atoms with Crippen molar-refractivity contribution in [2.45, 2.75) is 38.6 Å². The van der Waals surface area contributed by atoms with Crippen LogP contribution in [0.2, 0.25) is 5.02 Å². The van der Waals surface area contributed by atoms with Crippen molar-refractivity contribution in [1.29, 1.82) is 0 Å². The molecule has 6 heteroatoms. The molecule has 0 atom stereocenters. The van der Waals surface area contributed by atoms with Crippen molar-refractivity contribution in [2.75, 3.05) is 10.6 Å². The van der Waals surface area contributed by atoms with Gasteiger partial charge in [-0.2, -0.15) is 4.98 Å². The third-order valence-electron chi connectivity index (χ3n) is 4.79. The van der Waals surface area contributed by atoms with Crippen LogP contribution in [-0.4, -0.2) is 21.0 Å². The fraction of sp³-hybridized carbons (Fsp3) is 0.286. The molecule has 0 unspecified atom stereocenters. The molecule has 1 aliphatic carbocycles. The quantitative estimate of drug-likeness (QED) is 0.604. The molecule has 1 aromatic carbocycles. The van der Waals surface area contributed by atoms with Gasteiger partial charge in [0.15, 0.2) is 0 Å². The lowest BCUT2D eigenvalue weighted by atomic mass is 10.2. The largest absolute Gasteiger partial charge is 0.351 e. The summed E-state index contributed by atoms with van der Waals surface area (Å²) in [7, 11) is 0. The van der Waals surface area contributed by atoms with Gasteiger partial charge < -0.3 is 10.6 Å². The first-order valence-corrected chi connectivity index (χ1v) is 9.65. The maximum absolute atomic E-state index is 6.26. The lowest BCUT2D eigenvalue weighted by Gasteiger charge is -2.15.